The molecule has 0 amide bonds. The van der Waals surface area contributed by atoms with Crippen LogP contribution in [0.5, 0.6) is 11.5 Å². The summed E-state index contributed by atoms with van der Waals surface area (Å²) >= 11 is 0. The fourth-order valence-electron chi connectivity index (χ4n) is 2.34. The first-order valence-corrected chi connectivity index (χ1v) is 5.98. The number of aromatic hydroxyl groups is 2. The van der Waals surface area contributed by atoms with Crippen molar-refractivity contribution in [1.82, 2.24) is 5.32 Å². The molecular weight excluding hydrogens is 202 g/mol. The molecular formula is C13H19NO2. The highest BCUT2D eigenvalue weighted by Crippen LogP contribution is 2.35. The zero-order chi connectivity index (χ0) is 11.5. The highest BCUT2D eigenvalue weighted by molar-refractivity contribution is 5.50. The predicted octanol–water partition coefficient (Wildman–Crippen LogP) is 1.95. The van der Waals surface area contributed by atoms with Gasteiger partial charge in [-0.1, -0.05) is 13.0 Å². The van der Waals surface area contributed by atoms with Gasteiger partial charge in [0.1, 0.15) is 0 Å². The van der Waals surface area contributed by atoms with Gasteiger partial charge in [-0.05, 0) is 43.9 Å². The molecule has 0 heterocycles. The Kier molecular flexibility index (Phi) is 3.34. The molecule has 1 aliphatic carbocycles. The van der Waals surface area contributed by atoms with Crippen LogP contribution >= 0.6 is 0 Å². The van der Waals surface area contributed by atoms with Crippen LogP contribution in [0.25, 0.3) is 0 Å². The van der Waals surface area contributed by atoms with Gasteiger partial charge in [0.15, 0.2) is 11.5 Å². The molecule has 0 aliphatic heterocycles. The normalized spacial score (nSPS) is 19.4. The van der Waals surface area contributed by atoms with E-state index >= 15 is 0 Å². The lowest BCUT2D eigenvalue weighted by molar-refractivity contribution is 0.388. The number of hydrogen-bond acceptors (Lipinski definition) is 3. The monoisotopic (exact) mass is 221 g/mol. The summed E-state index contributed by atoms with van der Waals surface area (Å²) in [7, 11) is 0. The quantitative estimate of drug-likeness (QED) is 0.684. The summed E-state index contributed by atoms with van der Waals surface area (Å²) in [5, 5.41) is 22.7. The maximum Gasteiger partial charge on any atom is 0.160 e. The third-order valence-corrected chi connectivity index (χ3v) is 3.25. The number of hydrogen-bond donors (Lipinski definition) is 3. The molecule has 0 unspecified atom stereocenters. The Hall–Kier alpha value is -1.22. The van der Waals surface area contributed by atoms with Crippen LogP contribution < -0.4 is 5.32 Å². The molecule has 1 atom stereocenters. The van der Waals surface area contributed by atoms with E-state index in [1.165, 1.54) is 0 Å². The van der Waals surface area contributed by atoms with Crippen molar-refractivity contribution in [2.24, 2.45) is 0 Å². The molecule has 1 aromatic carbocycles. The number of benzene rings is 1. The van der Waals surface area contributed by atoms with E-state index in [1.54, 1.807) is 6.07 Å². The molecule has 0 bridgehead atoms. The summed E-state index contributed by atoms with van der Waals surface area (Å²) in [5.41, 5.74) is 2.09. The summed E-state index contributed by atoms with van der Waals surface area (Å²) in [4.78, 5) is 0. The van der Waals surface area contributed by atoms with Gasteiger partial charge < -0.3 is 15.5 Å². The van der Waals surface area contributed by atoms with Gasteiger partial charge in [-0.2, -0.15) is 0 Å². The molecule has 3 nitrogen and oxygen atoms in total. The molecule has 1 aromatic rings. The molecule has 3 heteroatoms. The van der Waals surface area contributed by atoms with Crippen LogP contribution in [0.4, 0.5) is 0 Å². The lowest BCUT2D eigenvalue weighted by Gasteiger charge is -2.26. The Labute approximate surface area is 96.1 Å². The smallest absolute Gasteiger partial charge is 0.160 e. The molecule has 16 heavy (non-hydrogen) atoms. The minimum atomic E-state index is -0.00119. The van der Waals surface area contributed by atoms with Crippen molar-refractivity contribution in [3.05, 3.63) is 23.3 Å². The van der Waals surface area contributed by atoms with Gasteiger partial charge in [-0.3, -0.25) is 0 Å². The first kappa shape index (κ1) is 11.3. The van der Waals surface area contributed by atoms with E-state index in [1.807, 2.05) is 6.07 Å². The van der Waals surface area contributed by atoms with Crippen molar-refractivity contribution in [3.63, 3.8) is 0 Å². The zero-order valence-electron chi connectivity index (χ0n) is 9.66. The van der Waals surface area contributed by atoms with E-state index in [9.17, 15) is 10.2 Å². The van der Waals surface area contributed by atoms with Crippen molar-refractivity contribution < 1.29 is 10.2 Å². The minimum Gasteiger partial charge on any atom is -0.504 e. The molecule has 0 spiro atoms. The summed E-state index contributed by atoms with van der Waals surface area (Å²) in [5.74, 6) is 0.0742. The minimum absolute atomic E-state index is 0.00119. The molecule has 0 fully saturated rings. The summed E-state index contributed by atoms with van der Waals surface area (Å²) in [6.45, 7) is 3.21. The Morgan fingerprint density at radius 1 is 1.38 bits per heavy atom. The van der Waals surface area contributed by atoms with Crippen LogP contribution in [0.15, 0.2) is 12.1 Å². The van der Waals surface area contributed by atoms with Gasteiger partial charge >= 0.3 is 0 Å². The van der Waals surface area contributed by atoms with Crippen LogP contribution in [0.3, 0.4) is 0 Å². The van der Waals surface area contributed by atoms with E-state index in [4.69, 9.17) is 0 Å². The second-order valence-electron chi connectivity index (χ2n) is 4.46. The highest BCUT2D eigenvalue weighted by atomic mass is 16.3. The molecule has 0 saturated heterocycles. The van der Waals surface area contributed by atoms with Crippen molar-refractivity contribution in [3.8, 4) is 11.5 Å². The standard InChI is InChI=1S/C13H19NO2/c1-2-7-14-10-4-5-11-9(8-10)3-6-12(15)13(11)16/h3,6,10,14-16H,2,4-5,7-8H2,1H3/t10-/m1/s1. The van der Waals surface area contributed by atoms with Gasteiger partial charge in [0.2, 0.25) is 0 Å². The predicted molar refractivity (Wildman–Crippen MR) is 63.9 cm³/mol. The van der Waals surface area contributed by atoms with E-state index in [0.717, 1.165) is 43.4 Å². The van der Waals surface area contributed by atoms with Gasteiger partial charge in [0.05, 0.1) is 0 Å². The second kappa shape index (κ2) is 4.74. The van der Waals surface area contributed by atoms with E-state index < -0.39 is 0 Å². The van der Waals surface area contributed by atoms with Gasteiger partial charge in [0.25, 0.3) is 0 Å². The zero-order valence-corrected chi connectivity index (χ0v) is 9.66. The molecule has 0 radical (unpaired) electrons. The van der Waals surface area contributed by atoms with Crippen molar-refractivity contribution in [1.29, 1.82) is 0 Å². The number of rotatable bonds is 3. The maximum atomic E-state index is 9.74. The number of nitrogens with one attached hydrogen (secondary N) is 1. The molecule has 1 aliphatic rings. The molecule has 88 valence electrons. The summed E-state index contributed by atoms with van der Waals surface area (Å²) in [6.07, 6.45) is 3.97. The molecule has 0 saturated carbocycles. The highest BCUT2D eigenvalue weighted by Gasteiger charge is 2.21. The van der Waals surface area contributed by atoms with Gasteiger partial charge in [-0.15, -0.1) is 0 Å². The van der Waals surface area contributed by atoms with Crippen LogP contribution in [0.2, 0.25) is 0 Å². The summed E-state index contributed by atoms with van der Waals surface area (Å²) < 4.78 is 0. The first-order chi connectivity index (χ1) is 7.72. The Balaban J connectivity index is 2.13. The topological polar surface area (TPSA) is 52.5 Å². The van der Waals surface area contributed by atoms with Crippen molar-refractivity contribution in [2.45, 2.75) is 38.6 Å². The van der Waals surface area contributed by atoms with Crippen LogP contribution in [-0.2, 0) is 12.8 Å². The third kappa shape index (κ3) is 2.14. The largest absolute Gasteiger partial charge is 0.504 e. The molecule has 0 aromatic heterocycles. The van der Waals surface area contributed by atoms with Gasteiger partial charge in [-0.25, -0.2) is 0 Å². The average molecular weight is 221 g/mol. The lowest BCUT2D eigenvalue weighted by Crippen LogP contribution is -2.34. The van der Waals surface area contributed by atoms with Crippen molar-refractivity contribution >= 4 is 0 Å². The fourth-order valence-corrected chi connectivity index (χ4v) is 2.34. The number of phenols is 2. The van der Waals surface area contributed by atoms with Crippen LogP contribution in [0.1, 0.15) is 30.9 Å². The average Bonchev–Trinajstić information content (AvgIpc) is 2.31. The van der Waals surface area contributed by atoms with E-state index in [2.05, 4.69) is 12.2 Å². The maximum absolute atomic E-state index is 9.74. The van der Waals surface area contributed by atoms with Crippen LogP contribution in [0, 0.1) is 0 Å². The SMILES string of the molecule is CCCN[C@@H]1CCc2c(ccc(O)c2O)C1. The second-order valence-corrected chi connectivity index (χ2v) is 4.46. The third-order valence-electron chi connectivity index (χ3n) is 3.25. The number of phenolic OH excluding ortho intramolecular Hbond substituents is 2. The Bertz CT molecular complexity index is 376. The Morgan fingerprint density at radius 3 is 2.94 bits per heavy atom. The van der Waals surface area contributed by atoms with Crippen LogP contribution in [-0.4, -0.2) is 22.8 Å². The molecule has 3 N–H and O–H groups in total. The van der Waals surface area contributed by atoms with Crippen molar-refractivity contribution in [2.75, 3.05) is 6.54 Å². The summed E-state index contributed by atoms with van der Waals surface area (Å²) in [6, 6.07) is 4.01. The van der Waals surface area contributed by atoms with E-state index in [-0.39, 0.29) is 11.5 Å². The van der Waals surface area contributed by atoms with Gasteiger partial charge in [0, 0.05) is 11.6 Å². The molecule has 2 rings (SSSR count). The first-order valence-electron chi connectivity index (χ1n) is 5.98. The fraction of sp³-hybridized carbons (Fsp3) is 0.538. The Morgan fingerprint density at radius 2 is 2.19 bits per heavy atom. The lowest BCUT2D eigenvalue weighted by atomic mass is 9.87. The number of fused-ring (bicyclic) bond motifs is 1. The van der Waals surface area contributed by atoms with E-state index in [0.29, 0.717) is 6.04 Å².